The third-order valence-corrected chi connectivity index (χ3v) is 13.0. The molecule has 0 radical (unpaired) electrons. The molecule has 4 nitrogen and oxygen atoms in total. The largest absolute Gasteiger partial charge is 0.456 e. The number of nitrogens with zero attached hydrogens (tertiary/aromatic N) is 2. The highest BCUT2D eigenvalue weighted by Crippen LogP contribution is 2.63. The van der Waals surface area contributed by atoms with E-state index in [0.717, 1.165) is 89.1 Å². The Kier molecular flexibility index (Phi) is 8.91. The van der Waals surface area contributed by atoms with E-state index in [4.69, 9.17) is 20.4 Å². The van der Waals surface area contributed by atoms with Gasteiger partial charge in [0, 0.05) is 44.1 Å². The Morgan fingerprint density at radius 3 is 1.91 bits per heavy atom. The smallest absolute Gasteiger partial charge is 0.140 e. The molecule has 1 aromatic heterocycles. The van der Waals surface area contributed by atoms with Crippen LogP contribution in [-0.4, -0.2) is 10.7 Å². The lowest BCUT2D eigenvalue weighted by atomic mass is 9.65. The summed E-state index contributed by atoms with van der Waals surface area (Å²) in [6.45, 7) is 0.526. The molecule has 0 saturated carbocycles. The molecule has 4 heteroatoms. The minimum absolute atomic E-state index is 0.526. The summed E-state index contributed by atoms with van der Waals surface area (Å²) in [6.07, 6.45) is 2.01. The fraction of sp³-hybridized carbons (Fsp3) is 0.0333. The van der Waals surface area contributed by atoms with Gasteiger partial charge in [0.2, 0.25) is 0 Å². The van der Waals surface area contributed by atoms with Crippen molar-refractivity contribution in [2.75, 3.05) is 0 Å². The first kappa shape index (κ1) is 37.4. The molecule has 1 spiro atoms. The normalized spacial score (nSPS) is 13.6. The predicted molar refractivity (Wildman–Crippen MR) is 263 cm³/mol. The zero-order valence-corrected chi connectivity index (χ0v) is 34.9. The first-order valence-electron chi connectivity index (χ1n) is 21.8. The van der Waals surface area contributed by atoms with Crippen LogP contribution in [0.4, 0.5) is 0 Å². The summed E-state index contributed by atoms with van der Waals surface area (Å²) in [4.78, 5) is 10.6. The number of aliphatic imine (C=N–C) groups is 1. The molecule has 302 valence electrons. The molecular formula is C60H41N3O. The number of benzene rings is 9. The van der Waals surface area contributed by atoms with Crippen molar-refractivity contribution in [1.82, 2.24) is 4.98 Å². The highest BCUT2D eigenvalue weighted by atomic mass is 16.5. The molecule has 64 heavy (non-hydrogen) atoms. The predicted octanol–water partition coefficient (Wildman–Crippen LogP) is 14.2. The molecule has 12 rings (SSSR count). The summed E-state index contributed by atoms with van der Waals surface area (Å²) in [5, 5.41) is 3.09. The number of nitrogens with two attached hydrogens (primary N) is 1. The zero-order chi connectivity index (χ0) is 42.6. The molecule has 2 N–H and O–H groups in total. The summed E-state index contributed by atoms with van der Waals surface area (Å²) >= 11 is 0. The molecule has 0 fully saturated rings. The van der Waals surface area contributed by atoms with Crippen LogP contribution in [0.3, 0.4) is 0 Å². The van der Waals surface area contributed by atoms with Crippen molar-refractivity contribution in [3.63, 3.8) is 0 Å². The van der Waals surface area contributed by atoms with Gasteiger partial charge < -0.3 is 10.5 Å². The van der Waals surface area contributed by atoms with Crippen LogP contribution in [0.5, 0.6) is 11.5 Å². The van der Waals surface area contributed by atoms with Crippen LogP contribution in [0.2, 0.25) is 0 Å². The quantitative estimate of drug-likeness (QED) is 0.129. The molecule has 0 unspecified atom stereocenters. The van der Waals surface area contributed by atoms with Crippen molar-refractivity contribution < 1.29 is 4.74 Å². The van der Waals surface area contributed by atoms with E-state index in [9.17, 15) is 0 Å². The number of allylic oxidation sites excluding steroid dienone is 1. The van der Waals surface area contributed by atoms with Crippen LogP contribution in [0.1, 0.15) is 38.9 Å². The van der Waals surface area contributed by atoms with Crippen molar-refractivity contribution in [2.24, 2.45) is 10.7 Å². The molecule has 0 bridgehead atoms. The molecule has 9 aromatic carbocycles. The molecule has 10 aromatic rings. The van der Waals surface area contributed by atoms with E-state index < -0.39 is 5.41 Å². The van der Waals surface area contributed by atoms with Gasteiger partial charge in [-0.05, 0) is 74.8 Å². The Labute approximate surface area is 372 Å². The third kappa shape index (κ3) is 5.99. The van der Waals surface area contributed by atoms with Gasteiger partial charge in [-0.1, -0.05) is 194 Å². The van der Waals surface area contributed by atoms with Gasteiger partial charge in [-0.15, -0.1) is 0 Å². The van der Waals surface area contributed by atoms with Crippen LogP contribution >= 0.6 is 0 Å². The monoisotopic (exact) mass is 819 g/mol. The first-order chi connectivity index (χ1) is 31.6. The van der Waals surface area contributed by atoms with E-state index in [1.165, 1.54) is 22.3 Å². The molecule has 2 heterocycles. The number of pyridine rings is 1. The van der Waals surface area contributed by atoms with Crippen molar-refractivity contribution in [3.05, 3.63) is 263 Å². The highest BCUT2D eigenvalue weighted by molar-refractivity contribution is 6.16. The Bertz CT molecular complexity index is 3470. The van der Waals surface area contributed by atoms with Gasteiger partial charge in [-0.3, -0.25) is 4.99 Å². The second-order valence-corrected chi connectivity index (χ2v) is 16.6. The number of hydrogen-bond acceptors (Lipinski definition) is 4. The second kappa shape index (κ2) is 15.2. The number of fused-ring (bicyclic) bond motifs is 13. The van der Waals surface area contributed by atoms with E-state index >= 15 is 0 Å². The summed E-state index contributed by atoms with van der Waals surface area (Å²) in [7, 11) is 0. The molecule has 0 atom stereocenters. The Morgan fingerprint density at radius 1 is 0.516 bits per heavy atom. The summed E-state index contributed by atoms with van der Waals surface area (Å²) in [5.41, 5.74) is 23.3. The lowest BCUT2D eigenvalue weighted by molar-refractivity contribution is 0.442. The molecule has 1 aliphatic carbocycles. The first-order valence-corrected chi connectivity index (χ1v) is 21.8. The maximum atomic E-state index is 7.18. The maximum absolute atomic E-state index is 7.18. The van der Waals surface area contributed by atoms with Crippen LogP contribution < -0.4 is 10.5 Å². The van der Waals surface area contributed by atoms with Crippen LogP contribution in [0, 0.1) is 0 Å². The SMILES string of the molecule is N/C(=C\C(=NCc1ccccc1)c1cccc(-c2ccccc2)c1)c1cccc(-c2nc3ccccc3c3c4c(ccc23)C2(c3ccccc3O4)c3ccccc3-c3ccccc32)c1. The number of rotatable bonds is 7. The third-order valence-electron chi connectivity index (χ3n) is 13.0. The number of para-hydroxylation sites is 2. The summed E-state index contributed by atoms with van der Waals surface area (Å²) < 4.78 is 7.18. The van der Waals surface area contributed by atoms with E-state index in [1.807, 2.05) is 30.3 Å². The lowest BCUT2D eigenvalue weighted by Crippen LogP contribution is -2.32. The fourth-order valence-electron chi connectivity index (χ4n) is 10.1. The number of hydrogen-bond donors (Lipinski definition) is 1. The van der Waals surface area contributed by atoms with Crippen molar-refractivity contribution in [3.8, 4) is 45.0 Å². The van der Waals surface area contributed by atoms with Crippen molar-refractivity contribution in [1.29, 1.82) is 0 Å². The van der Waals surface area contributed by atoms with Crippen LogP contribution in [0.25, 0.3) is 60.9 Å². The maximum Gasteiger partial charge on any atom is 0.140 e. The highest BCUT2D eigenvalue weighted by Gasteiger charge is 2.51. The minimum atomic E-state index is -0.574. The molecule has 0 saturated heterocycles. The zero-order valence-electron chi connectivity index (χ0n) is 34.9. The minimum Gasteiger partial charge on any atom is -0.456 e. The Morgan fingerprint density at radius 2 is 1.12 bits per heavy atom. The molecule has 2 aliphatic rings. The average Bonchev–Trinajstić information content (AvgIpc) is 3.66. The Hall–Kier alpha value is -8.34. The number of aromatic nitrogens is 1. The molecule has 0 amide bonds. The van der Waals surface area contributed by atoms with Gasteiger partial charge in [0.25, 0.3) is 0 Å². The van der Waals surface area contributed by atoms with Gasteiger partial charge in [-0.2, -0.15) is 0 Å². The van der Waals surface area contributed by atoms with Gasteiger partial charge in [0.1, 0.15) is 11.5 Å². The van der Waals surface area contributed by atoms with Crippen molar-refractivity contribution in [2.45, 2.75) is 12.0 Å². The lowest BCUT2D eigenvalue weighted by Gasteiger charge is -2.40. The topological polar surface area (TPSA) is 60.5 Å². The van der Waals surface area contributed by atoms with Gasteiger partial charge in [0.15, 0.2) is 0 Å². The van der Waals surface area contributed by atoms with E-state index in [0.29, 0.717) is 12.2 Å². The van der Waals surface area contributed by atoms with E-state index in [-0.39, 0.29) is 0 Å². The van der Waals surface area contributed by atoms with Crippen LogP contribution in [-0.2, 0) is 12.0 Å². The molecule has 1 aliphatic heterocycles. The second-order valence-electron chi connectivity index (χ2n) is 16.6. The Balaban J connectivity index is 1.03. The number of ether oxygens (including phenoxy) is 1. The van der Waals surface area contributed by atoms with Gasteiger partial charge in [-0.25, -0.2) is 4.98 Å². The van der Waals surface area contributed by atoms with E-state index in [2.05, 4.69) is 194 Å². The average molecular weight is 820 g/mol. The standard InChI is InChI=1S/C60H41N3O/c61-53(37-55(62-38-39-17-3-1-4-18-39)43-23-15-21-41(35-43)40-19-5-2-6-20-40)42-22-16-24-44(36-42)58-48-33-34-52-59(57(48)47-27-9-13-31-54(47)63-58)64-56-32-14-12-30-51(56)60(52)49-28-10-7-25-45(49)46-26-8-11-29-50(46)60/h1-37H,38,61H2/b53-37-,62-55?. The fourth-order valence-corrected chi connectivity index (χ4v) is 10.1. The van der Waals surface area contributed by atoms with E-state index in [1.54, 1.807) is 0 Å². The van der Waals surface area contributed by atoms with Gasteiger partial charge >= 0.3 is 0 Å². The van der Waals surface area contributed by atoms with Crippen LogP contribution in [0.15, 0.2) is 229 Å². The summed E-state index contributed by atoms with van der Waals surface area (Å²) in [6, 6.07) is 76.9. The summed E-state index contributed by atoms with van der Waals surface area (Å²) in [5.74, 6) is 1.71. The van der Waals surface area contributed by atoms with Gasteiger partial charge in [0.05, 0.1) is 28.9 Å². The molecular weight excluding hydrogens is 779 g/mol. The van der Waals surface area contributed by atoms with Crippen molar-refractivity contribution >= 4 is 33.1 Å².